The number of nitro groups is 1. The SMILES string of the molecule is CC(C)(C)/C=C/c1ccc([N+](=O)[O-])cc1.CC(C)(C)C1CCCCC1.CC(C)(C)c1ccc(Br)s1.CC(C)(C)c1ccc(OCc2ccccc2)cc1.CC(C)(C)c1ccc2c(c1)Cc1ccccc1-2.CC(C)(C)c1cccnc1.CC(C)(C)c1ccncc1.CSCCC(C)(C)C. The predicted molar refractivity (Wildman–Crippen MR) is 436 cm³/mol. The fraction of sp³-hybridized carbons (Fsp3) is 0.483. The largest absolute Gasteiger partial charge is 0.489 e. The summed E-state index contributed by atoms with van der Waals surface area (Å²) in [6.07, 6.45) is 23.4. The number of halogens is 1. The first-order chi connectivity index (χ1) is 45.4. The van der Waals surface area contributed by atoms with Gasteiger partial charge in [-0.05, 0) is 213 Å². The molecular formula is C89H126BrN3O3S2. The number of pyridine rings is 2. The van der Waals surface area contributed by atoms with E-state index >= 15 is 0 Å². The van der Waals surface area contributed by atoms with Crippen LogP contribution in [0.2, 0.25) is 0 Å². The lowest BCUT2D eigenvalue weighted by Crippen LogP contribution is -2.22. The molecule has 2 aliphatic rings. The van der Waals surface area contributed by atoms with Crippen LogP contribution < -0.4 is 4.74 Å². The van der Waals surface area contributed by atoms with Crippen molar-refractivity contribution >= 4 is 50.8 Å². The van der Waals surface area contributed by atoms with Crippen LogP contribution in [-0.4, -0.2) is 26.9 Å². The lowest BCUT2D eigenvalue weighted by atomic mass is 9.72. The number of nitro benzene ring substituents is 1. The Morgan fingerprint density at radius 2 is 1.07 bits per heavy atom. The van der Waals surface area contributed by atoms with E-state index in [1.165, 1.54) is 115 Å². The quantitative estimate of drug-likeness (QED) is 0.117. The molecule has 0 unspecified atom stereocenters. The third kappa shape index (κ3) is 34.8. The molecule has 98 heavy (non-hydrogen) atoms. The van der Waals surface area contributed by atoms with Crippen molar-refractivity contribution in [3.63, 3.8) is 0 Å². The van der Waals surface area contributed by atoms with Crippen molar-refractivity contribution < 1.29 is 9.66 Å². The number of hydrogen-bond donors (Lipinski definition) is 0. The maximum atomic E-state index is 10.4. The Labute approximate surface area is 613 Å². The highest BCUT2D eigenvalue weighted by atomic mass is 79.9. The Bertz CT molecular complexity index is 3490. The van der Waals surface area contributed by atoms with E-state index in [1.54, 1.807) is 18.3 Å². The number of ether oxygens (including phenoxy) is 1. The summed E-state index contributed by atoms with van der Waals surface area (Å²) in [6.45, 7) is 54.2. The molecule has 1 saturated carbocycles. The van der Waals surface area contributed by atoms with E-state index in [4.69, 9.17) is 4.74 Å². The molecule has 8 aromatic rings. The van der Waals surface area contributed by atoms with E-state index in [1.807, 2.05) is 84.2 Å². The van der Waals surface area contributed by atoms with Crippen molar-refractivity contribution in [2.75, 3.05) is 12.0 Å². The Morgan fingerprint density at radius 1 is 0.541 bits per heavy atom. The minimum Gasteiger partial charge on any atom is -0.489 e. The fourth-order valence-electron chi connectivity index (χ4n) is 10.2. The summed E-state index contributed by atoms with van der Waals surface area (Å²) in [5, 5.41) is 10.4. The van der Waals surface area contributed by atoms with Gasteiger partial charge in [0.25, 0.3) is 5.69 Å². The molecule has 5 aromatic carbocycles. The van der Waals surface area contributed by atoms with Gasteiger partial charge >= 0.3 is 0 Å². The van der Waals surface area contributed by atoms with Crippen LogP contribution in [0, 0.1) is 32.3 Å². The molecule has 0 amide bonds. The van der Waals surface area contributed by atoms with Crippen LogP contribution in [0.3, 0.4) is 0 Å². The van der Waals surface area contributed by atoms with Crippen LogP contribution in [0.15, 0.2) is 192 Å². The molecule has 3 aromatic heterocycles. The normalized spacial score (nSPS) is 13.1. The number of nitrogens with zero attached hydrogens (tertiary/aromatic N) is 3. The van der Waals surface area contributed by atoms with Gasteiger partial charge in [0.15, 0.2) is 0 Å². The number of rotatable bonds is 7. The van der Waals surface area contributed by atoms with Crippen LogP contribution in [0.4, 0.5) is 5.69 Å². The molecule has 0 atom stereocenters. The number of allylic oxidation sites excluding steroid dienone is 1. The highest BCUT2D eigenvalue weighted by molar-refractivity contribution is 9.11. The summed E-state index contributed by atoms with van der Waals surface area (Å²) in [4.78, 5) is 19.5. The molecule has 0 saturated heterocycles. The Balaban J connectivity index is 0.000000296. The van der Waals surface area contributed by atoms with Gasteiger partial charge in [-0.1, -0.05) is 289 Å². The first-order valence-electron chi connectivity index (χ1n) is 35.4. The highest BCUT2D eigenvalue weighted by Gasteiger charge is 2.26. The minimum atomic E-state index is -0.392. The topological polar surface area (TPSA) is 78.2 Å². The standard InChI is InChI=1S/C17H20O.C17H18.C12H15NO2.C10H20.2C9H13N.C8H11BrS.C7H16S/c1-17(2,3)15-9-11-16(12-10-15)18-13-14-7-5-4-6-8-14;1-17(2,3)14-8-9-16-13(11-14)10-12-6-4-5-7-15(12)16;1-12(2,3)9-8-10-4-6-11(7-5-10)13(14)15;1-10(2,3)9-7-5-4-6-8-9;1-9(2,3)8-4-6-10-7-5-8;1-9(2,3)8-5-4-6-10-7-8;1-8(2,3)6-4-5-7(9)10-6;1-7(2,3)5-6-8-4/h4-12H,13H2,1-3H3;4-9,11H,10H2,1-3H3;4-9H,1-3H3;9H,4-8H2,1-3H3;2*4-7H,1-3H3;4-5H,1-3H3;5-6H2,1-4H3/b;;9-8+;;;;;. The molecule has 2 aliphatic carbocycles. The fourth-order valence-corrected chi connectivity index (χ4v) is 12.5. The van der Waals surface area contributed by atoms with E-state index in [9.17, 15) is 10.1 Å². The molecule has 1 fully saturated rings. The number of non-ortho nitro benzene ring substituents is 1. The van der Waals surface area contributed by atoms with Gasteiger partial charge in [0.05, 0.1) is 8.71 Å². The second-order valence-electron chi connectivity index (χ2n) is 34.4. The minimum absolute atomic E-state index is 0.127. The molecule has 0 bridgehead atoms. The zero-order valence-corrected chi connectivity index (χ0v) is 68.4. The summed E-state index contributed by atoms with van der Waals surface area (Å²) in [5.74, 6) is 3.22. The van der Waals surface area contributed by atoms with Crippen LogP contribution in [0.25, 0.3) is 17.2 Å². The van der Waals surface area contributed by atoms with E-state index in [0.717, 1.165) is 23.7 Å². The zero-order chi connectivity index (χ0) is 73.8. The lowest BCUT2D eigenvalue weighted by Gasteiger charge is -2.33. The Kier molecular flexibility index (Phi) is 34.9. The van der Waals surface area contributed by atoms with Crippen LogP contribution in [-0.2, 0) is 40.1 Å². The second kappa shape index (κ2) is 39.8. The highest BCUT2D eigenvalue weighted by Crippen LogP contribution is 2.40. The average molecular weight is 1430 g/mol. The molecule has 6 nitrogen and oxygen atoms in total. The van der Waals surface area contributed by atoms with Gasteiger partial charge in [-0.2, -0.15) is 11.8 Å². The summed E-state index contributed by atoms with van der Waals surface area (Å²) in [7, 11) is 0. The third-order valence-corrected chi connectivity index (χ3v) is 19.4. The number of aromatic nitrogens is 2. The molecular weight excluding hydrogens is 1300 g/mol. The molecule has 0 N–H and O–H groups in total. The summed E-state index contributed by atoms with van der Waals surface area (Å²) in [5.41, 5.74) is 15.9. The van der Waals surface area contributed by atoms with Crippen LogP contribution in [0.1, 0.15) is 254 Å². The van der Waals surface area contributed by atoms with Crippen molar-refractivity contribution in [2.45, 2.75) is 245 Å². The Morgan fingerprint density at radius 3 is 1.49 bits per heavy atom. The van der Waals surface area contributed by atoms with Crippen LogP contribution in [0.5, 0.6) is 5.75 Å². The van der Waals surface area contributed by atoms with Gasteiger partial charge in [-0.25, -0.2) is 0 Å². The van der Waals surface area contributed by atoms with Gasteiger partial charge in [0.2, 0.25) is 0 Å². The zero-order valence-electron chi connectivity index (χ0n) is 65.2. The molecule has 0 spiro atoms. The predicted octanol–water partition coefficient (Wildman–Crippen LogP) is 27.7. The second-order valence-corrected chi connectivity index (χ2v) is 37.8. The number of fused-ring (bicyclic) bond motifs is 3. The monoisotopic (exact) mass is 1430 g/mol. The van der Waals surface area contributed by atoms with E-state index in [-0.39, 0.29) is 32.8 Å². The van der Waals surface area contributed by atoms with E-state index < -0.39 is 4.92 Å². The molecule has 0 aliphatic heterocycles. The maximum absolute atomic E-state index is 10.4. The summed E-state index contributed by atoms with van der Waals surface area (Å²) in [6, 6.07) is 53.3. The lowest BCUT2D eigenvalue weighted by molar-refractivity contribution is -0.384. The van der Waals surface area contributed by atoms with Gasteiger partial charge in [0, 0.05) is 41.8 Å². The smallest absolute Gasteiger partial charge is 0.269 e. The number of benzene rings is 5. The van der Waals surface area contributed by atoms with Gasteiger partial charge in [-0.15, -0.1) is 11.3 Å². The number of thioether (sulfide) groups is 1. The van der Waals surface area contributed by atoms with Gasteiger partial charge in [-0.3, -0.25) is 20.1 Å². The number of thiophene rings is 1. The van der Waals surface area contributed by atoms with Crippen molar-refractivity contribution in [1.29, 1.82) is 0 Å². The van der Waals surface area contributed by atoms with E-state index in [0.29, 0.717) is 22.9 Å². The number of hydrogen-bond acceptors (Lipinski definition) is 7. The van der Waals surface area contributed by atoms with Gasteiger partial charge in [0.1, 0.15) is 12.4 Å². The maximum Gasteiger partial charge on any atom is 0.269 e. The molecule has 3 heterocycles. The molecule has 9 heteroatoms. The summed E-state index contributed by atoms with van der Waals surface area (Å²) >= 11 is 7.18. The van der Waals surface area contributed by atoms with Crippen molar-refractivity contribution in [1.82, 2.24) is 9.97 Å². The van der Waals surface area contributed by atoms with E-state index in [2.05, 4.69) is 301 Å². The van der Waals surface area contributed by atoms with Gasteiger partial charge < -0.3 is 4.74 Å². The average Bonchev–Trinajstić information content (AvgIpc) is 1.62. The van der Waals surface area contributed by atoms with Crippen molar-refractivity contribution in [3.8, 4) is 16.9 Å². The van der Waals surface area contributed by atoms with Crippen LogP contribution >= 0.6 is 39.0 Å². The summed E-state index contributed by atoms with van der Waals surface area (Å²) < 4.78 is 6.98. The molecule has 534 valence electrons. The molecule has 10 rings (SSSR count). The molecule has 0 radical (unpaired) electrons. The third-order valence-electron chi connectivity index (χ3n) is 16.8. The Hall–Kier alpha value is -6.13. The first kappa shape index (κ1) is 86.1. The van der Waals surface area contributed by atoms with Crippen molar-refractivity contribution in [3.05, 3.63) is 252 Å². The first-order valence-corrected chi connectivity index (χ1v) is 38.4. The van der Waals surface area contributed by atoms with Crippen molar-refractivity contribution in [2.24, 2.45) is 22.2 Å².